The lowest BCUT2D eigenvalue weighted by atomic mass is 10.1. The van der Waals surface area contributed by atoms with Crippen LogP contribution in [0.5, 0.6) is 0 Å². The maximum Gasteiger partial charge on any atom is 0.249 e. The van der Waals surface area contributed by atoms with Crippen LogP contribution >= 0.6 is 0 Å². The van der Waals surface area contributed by atoms with Gasteiger partial charge >= 0.3 is 0 Å². The average Bonchev–Trinajstić information content (AvgIpc) is 2.63. The molecular formula is C23H39ClN2O. The van der Waals surface area contributed by atoms with Crippen molar-refractivity contribution in [2.45, 2.75) is 71.8 Å². The fraction of sp³-hybridized carbons (Fsp3) is 0.609. The van der Waals surface area contributed by atoms with Gasteiger partial charge in [-0.2, -0.15) is 0 Å². The molecule has 1 amide bonds. The molecule has 0 heterocycles. The summed E-state index contributed by atoms with van der Waals surface area (Å²) in [5, 5.41) is 2.98. The first-order valence-corrected chi connectivity index (χ1v) is 10.3. The molecule has 3 nitrogen and oxygen atoms in total. The number of unbranched alkanes of at least 4 members (excludes halogenated alkanes) is 7. The Balaban J connectivity index is 0.00000676. The third-order valence-electron chi connectivity index (χ3n) is 5.18. The van der Waals surface area contributed by atoms with E-state index in [9.17, 15) is 4.79 Å². The largest absolute Gasteiger partial charge is 1.00 e. The van der Waals surface area contributed by atoms with Gasteiger partial charge in [0.2, 0.25) is 5.91 Å². The zero-order valence-electron chi connectivity index (χ0n) is 17.8. The Kier molecular flexibility index (Phi) is 14.0. The summed E-state index contributed by atoms with van der Waals surface area (Å²) in [7, 11) is 4.38. The first-order chi connectivity index (χ1) is 12.5. The summed E-state index contributed by atoms with van der Waals surface area (Å²) in [6.07, 6.45) is 12.4. The van der Waals surface area contributed by atoms with Crippen molar-refractivity contribution < 1.29 is 21.7 Å². The molecule has 0 atom stereocenters. The minimum atomic E-state index is -0.00604. The predicted molar refractivity (Wildman–Crippen MR) is 112 cm³/mol. The minimum Gasteiger partial charge on any atom is -1.00 e. The first-order valence-electron chi connectivity index (χ1n) is 10.3. The molecule has 0 aliphatic rings. The molecule has 0 bridgehead atoms. The SMILES string of the molecule is CCCCCCCCCC[N+](C)(C)/C(C)=C/C(=O)NCc1ccccc1.[Cl-]. The van der Waals surface area contributed by atoms with Crippen LogP contribution in [0.4, 0.5) is 0 Å². The number of nitrogens with zero attached hydrogens (tertiary/aromatic N) is 1. The number of rotatable bonds is 13. The molecule has 27 heavy (non-hydrogen) atoms. The van der Waals surface area contributed by atoms with Crippen LogP contribution in [0, 0.1) is 0 Å². The highest BCUT2D eigenvalue weighted by atomic mass is 35.5. The molecule has 0 aliphatic heterocycles. The third-order valence-corrected chi connectivity index (χ3v) is 5.18. The van der Waals surface area contributed by atoms with Crippen molar-refractivity contribution in [2.24, 2.45) is 0 Å². The molecule has 1 aromatic carbocycles. The normalized spacial score (nSPS) is 11.8. The van der Waals surface area contributed by atoms with Gasteiger partial charge in [-0.25, -0.2) is 0 Å². The summed E-state index contributed by atoms with van der Waals surface area (Å²) in [6.45, 7) is 5.99. The van der Waals surface area contributed by atoms with Gasteiger partial charge in [-0.1, -0.05) is 75.8 Å². The zero-order valence-corrected chi connectivity index (χ0v) is 18.5. The minimum absolute atomic E-state index is 0. The molecule has 0 saturated heterocycles. The molecule has 0 aliphatic carbocycles. The number of nitrogens with one attached hydrogen (secondary N) is 1. The van der Waals surface area contributed by atoms with E-state index in [0.717, 1.165) is 22.3 Å². The zero-order chi connectivity index (χ0) is 19.3. The molecule has 0 aromatic heterocycles. The monoisotopic (exact) mass is 394 g/mol. The van der Waals surface area contributed by atoms with Gasteiger partial charge < -0.3 is 17.7 Å². The summed E-state index contributed by atoms with van der Waals surface area (Å²) >= 11 is 0. The lowest BCUT2D eigenvalue weighted by molar-refractivity contribution is -0.852. The maximum atomic E-state index is 12.2. The van der Waals surface area contributed by atoms with Crippen molar-refractivity contribution in [3.8, 4) is 0 Å². The van der Waals surface area contributed by atoms with E-state index in [0.29, 0.717) is 6.54 Å². The summed E-state index contributed by atoms with van der Waals surface area (Å²) in [6, 6.07) is 10.0. The lowest BCUT2D eigenvalue weighted by Gasteiger charge is -2.30. The Labute approximate surface area is 173 Å². The Morgan fingerprint density at radius 3 is 2.11 bits per heavy atom. The van der Waals surface area contributed by atoms with E-state index in [1.165, 1.54) is 51.4 Å². The predicted octanol–water partition coefficient (Wildman–Crippen LogP) is 2.43. The maximum absolute atomic E-state index is 12.2. The number of quaternary nitrogens is 1. The van der Waals surface area contributed by atoms with Gasteiger partial charge in [0.15, 0.2) is 0 Å². The van der Waals surface area contributed by atoms with Crippen molar-refractivity contribution in [1.82, 2.24) is 5.32 Å². The van der Waals surface area contributed by atoms with Crippen LogP contribution in [0.25, 0.3) is 0 Å². The number of hydrogen-bond donors (Lipinski definition) is 1. The molecule has 0 unspecified atom stereocenters. The van der Waals surface area contributed by atoms with Gasteiger partial charge in [0.25, 0.3) is 0 Å². The highest BCUT2D eigenvalue weighted by Crippen LogP contribution is 2.14. The molecule has 0 spiro atoms. The fourth-order valence-electron chi connectivity index (χ4n) is 3.02. The standard InChI is InChI=1S/C23H38N2O.ClH/c1-5-6-7-8-9-10-11-15-18-25(3,4)21(2)19-23(26)24-20-22-16-13-12-14-17-22;/h12-14,16-17,19H,5-11,15,18,20H2,1-4H3;1H/b21-19+;. The van der Waals surface area contributed by atoms with Crippen LogP contribution < -0.4 is 17.7 Å². The first kappa shape index (κ1) is 25.7. The number of halogens is 1. The van der Waals surface area contributed by atoms with Crippen molar-refractivity contribution in [2.75, 3.05) is 20.6 Å². The van der Waals surface area contributed by atoms with Crippen molar-refractivity contribution in [3.63, 3.8) is 0 Å². The topological polar surface area (TPSA) is 29.1 Å². The number of benzene rings is 1. The molecule has 1 rings (SSSR count). The second-order valence-corrected chi connectivity index (χ2v) is 7.87. The van der Waals surface area contributed by atoms with Gasteiger partial charge in [0, 0.05) is 13.5 Å². The summed E-state index contributed by atoms with van der Waals surface area (Å²) in [5.74, 6) is -0.00604. The van der Waals surface area contributed by atoms with Crippen LogP contribution in [0.2, 0.25) is 0 Å². The van der Waals surface area contributed by atoms with Gasteiger partial charge in [-0.3, -0.25) is 9.28 Å². The Bertz CT molecular complexity index is 541. The third kappa shape index (κ3) is 11.9. The van der Waals surface area contributed by atoms with Crippen LogP contribution in [0.1, 0.15) is 70.8 Å². The number of carbonyl (C=O) groups excluding carboxylic acids is 1. The van der Waals surface area contributed by atoms with Crippen LogP contribution in [0.15, 0.2) is 42.1 Å². The van der Waals surface area contributed by atoms with E-state index in [2.05, 4.69) is 33.3 Å². The number of amides is 1. The molecular weight excluding hydrogens is 356 g/mol. The Morgan fingerprint density at radius 2 is 1.52 bits per heavy atom. The highest BCUT2D eigenvalue weighted by molar-refractivity contribution is 5.87. The fourth-order valence-corrected chi connectivity index (χ4v) is 3.02. The van der Waals surface area contributed by atoms with Crippen LogP contribution in [-0.2, 0) is 11.3 Å². The van der Waals surface area contributed by atoms with E-state index in [4.69, 9.17) is 0 Å². The van der Waals surface area contributed by atoms with E-state index in [1.807, 2.05) is 30.3 Å². The summed E-state index contributed by atoms with van der Waals surface area (Å²) in [4.78, 5) is 12.2. The second kappa shape index (κ2) is 14.7. The Hall–Kier alpha value is -1.32. The molecule has 0 saturated carbocycles. The smallest absolute Gasteiger partial charge is 0.249 e. The van der Waals surface area contributed by atoms with Gasteiger partial charge in [-0.15, -0.1) is 0 Å². The number of hydrogen-bond acceptors (Lipinski definition) is 1. The number of allylic oxidation sites excluding steroid dienone is 1. The van der Waals surface area contributed by atoms with Crippen LogP contribution in [0.3, 0.4) is 0 Å². The molecule has 0 radical (unpaired) electrons. The molecule has 0 fully saturated rings. The quantitative estimate of drug-likeness (QED) is 0.311. The highest BCUT2D eigenvalue weighted by Gasteiger charge is 2.18. The Morgan fingerprint density at radius 1 is 0.963 bits per heavy atom. The molecule has 154 valence electrons. The van der Waals surface area contributed by atoms with Crippen LogP contribution in [-0.4, -0.2) is 31.0 Å². The van der Waals surface area contributed by atoms with Crippen molar-refractivity contribution in [3.05, 3.63) is 47.7 Å². The van der Waals surface area contributed by atoms with E-state index < -0.39 is 0 Å². The summed E-state index contributed by atoms with van der Waals surface area (Å²) in [5.41, 5.74) is 2.23. The van der Waals surface area contributed by atoms with E-state index in [-0.39, 0.29) is 18.3 Å². The van der Waals surface area contributed by atoms with Gasteiger partial charge in [-0.05, 0) is 18.4 Å². The van der Waals surface area contributed by atoms with E-state index in [1.54, 1.807) is 6.08 Å². The number of carbonyl (C=O) groups is 1. The van der Waals surface area contributed by atoms with Gasteiger partial charge in [0.1, 0.15) is 5.70 Å². The average molecular weight is 395 g/mol. The summed E-state index contributed by atoms with van der Waals surface area (Å²) < 4.78 is 0.786. The second-order valence-electron chi connectivity index (χ2n) is 7.87. The van der Waals surface area contributed by atoms with Crippen molar-refractivity contribution >= 4 is 5.91 Å². The van der Waals surface area contributed by atoms with Gasteiger partial charge in [0.05, 0.1) is 26.7 Å². The lowest BCUT2D eigenvalue weighted by Crippen LogP contribution is -3.00. The molecule has 4 heteroatoms. The van der Waals surface area contributed by atoms with Crippen molar-refractivity contribution in [1.29, 1.82) is 0 Å². The van der Waals surface area contributed by atoms with E-state index >= 15 is 0 Å². The molecule has 1 N–H and O–H groups in total. The molecule has 1 aromatic rings.